The predicted molar refractivity (Wildman–Crippen MR) is 70.5 cm³/mol. The van der Waals surface area contributed by atoms with E-state index in [-0.39, 0.29) is 19.0 Å². The molecule has 1 aromatic rings. The molecule has 1 fully saturated rings. The van der Waals surface area contributed by atoms with Gasteiger partial charge < -0.3 is 10.0 Å². The highest BCUT2D eigenvalue weighted by Gasteiger charge is 2.30. The number of hydrogen-bond donors (Lipinski definition) is 1. The maximum Gasteiger partial charge on any atom is 0.309 e. The van der Waals surface area contributed by atoms with Crippen LogP contribution in [0, 0.1) is 5.92 Å². The van der Waals surface area contributed by atoms with Gasteiger partial charge in [0.05, 0.1) is 12.5 Å². The molecule has 1 unspecified atom stereocenters. The van der Waals surface area contributed by atoms with Crippen LogP contribution < -0.4 is 0 Å². The zero-order valence-electron chi connectivity index (χ0n) is 11.0. The third-order valence-electron chi connectivity index (χ3n) is 3.30. The molecule has 1 aliphatic heterocycles. The number of benzene rings is 1. The average Bonchev–Trinajstić information content (AvgIpc) is 2.50. The summed E-state index contributed by atoms with van der Waals surface area (Å²) in [5.74, 6) is -1.39. The summed E-state index contributed by atoms with van der Waals surface area (Å²) < 4.78 is 0. The van der Waals surface area contributed by atoms with Gasteiger partial charge in [-0.15, -0.1) is 0 Å². The van der Waals surface area contributed by atoms with Crippen molar-refractivity contribution in [2.75, 3.05) is 26.7 Å². The van der Waals surface area contributed by atoms with Crippen molar-refractivity contribution in [2.45, 2.75) is 6.54 Å². The summed E-state index contributed by atoms with van der Waals surface area (Å²) in [4.78, 5) is 26.7. The van der Waals surface area contributed by atoms with E-state index < -0.39 is 11.9 Å². The van der Waals surface area contributed by atoms with E-state index in [0.29, 0.717) is 13.1 Å². The van der Waals surface area contributed by atoms with Crippen molar-refractivity contribution in [3.63, 3.8) is 0 Å². The van der Waals surface area contributed by atoms with Gasteiger partial charge >= 0.3 is 5.97 Å². The number of hydrogen-bond acceptors (Lipinski definition) is 3. The van der Waals surface area contributed by atoms with E-state index in [2.05, 4.69) is 0 Å². The van der Waals surface area contributed by atoms with E-state index >= 15 is 0 Å². The maximum absolute atomic E-state index is 12.1. The zero-order valence-corrected chi connectivity index (χ0v) is 11.0. The van der Waals surface area contributed by atoms with Gasteiger partial charge in [0, 0.05) is 19.6 Å². The van der Waals surface area contributed by atoms with Crippen molar-refractivity contribution in [3.05, 3.63) is 35.9 Å². The Morgan fingerprint density at radius 2 is 2.00 bits per heavy atom. The molecule has 2 rings (SSSR count). The van der Waals surface area contributed by atoms with Gasteiger partial charge in [0.2, 0.25) is 5.91 Å². The van der Waals surface area contributed by atoms with Crippen LogP contribution in [0.3, 0.4) is 0 Å². The van der Waals surface area contributed by atoms with Crippen LogP contribution in [0.2, 0.25) is 0 Å². The number of aliphatic carboxylic acids is 1. The fourth-order valence-corrected chi connectivity index (χ4v) is 2.31. The standard InChI is InChI=1S/C14H18N2O3/c1-15-8-12(14(18)19)9-16(13(17)10-15)7-11-5-3-2-4-6-11/h2-6,12H,7-10H2,1H3,(H,18,19). The van der Waals surface area contributed by atoms with Crippen LogP contribution in [0.5, 0.6) is 0 Å². The van der Waals surface area contributed by atoms with Crippen LogP contribution in [0.25, 0.3) is 0 Å². The van der Waals surface area contributed by atoms with Crippen LogP contribution in [0.1, 0.15) is 5.56 Å². The molecule has 5 nitrogen and oxygen atoms in total. The summed E-state index contributed by atoms with van der Waals surface area (Å²) in [5, 5.41) is 9.19. The van der Waals surface area contributed by atoms with Gasteiger partial charge in [-0.25, -0.2) is 0 Å². The Morgan fingerprint density at radius 1 is 1.32 bits per heavy atom. The highest BCUT2D eigenvalue weighted by Crippen LogP contribution is 2.13. The highest BCUT2D eigenvalue weighted by molar-refractivity contribution is 5.80. The number of carbonyl (C=O) groups excluding carboxylic acids is 1. The third-order valence-corrected chi connectivity index (χ3v) is 3.30. The Morgan fingerprint density at radius 3 is 2.63 bits per heavy atom. The van der Waals surface area contributed by atoms with E-state index in [0.717, 1.165) is 5.56 Å². The lowest BCUT2D eigenvalue weighted by atomic mass is 10.1. The van der Waals surface area contributed by atoms with Crippen LogP contribution in [-0.4, -0.2) is 53.5 Å². The predicted octanol–water partition coefficient (Wildman–Crippen LogP) is 0.661. The Labute approximate surface area is 112 Å². The SMILES string of the molecule is CN1CC(=O)N(Cc2ccccc2)CC(C(=O)O)C1. The molecule has 1 amide bonds. The van der Waals surface area contributed by atoms with Gasteiger partial charge in [-0.2, -0.15) is 0 Å². The fraction of sp³-hybridized carbons (Fsp3) is 0.429. The summed E-state index contributed by atoms with van der Waals surface area (Å²) in [6.07, 6.45) is 0. The summed E-state index contributed by atoms with van der Waals surface area (Å²) in [6, 6.07) is 9.63. The van der Waals surface area contributed by atoms with Crippen LogP contribution in [0.4, 0.5) is 0 Å². The minimum absolute atomic E-state index is 0.0184. The van der Waals surface area contributed by atoms with Gasteiger partial charge in [0.1, 0.15) is 0 Å². The minimum Gasteiger partial charge on any atom is -0.481 e. The van der Waals surface area contributed by atoms with E-state index in [9.17, 15) is 14.7 Å². The van der Waals surface area contributed by atoms with E-state index in [4.69, 9.17) is 0 Å². The lowest BCUT2D eigenvalue weighted by Gasteiger charge is -2.22. The molecule has 1 N–H and O–H groups in total. The van der Waals surface area contributed by atoms with Crippen LogP contribution in [0.15, 0.2) is 30.3 Å². The van der Waals surface area contributed by atoms with Gasteiger partial charge in [0.15, 0.2) is 0 Å². The second-order valence-electron chi connectivity index (χ2n) is 4.99. The van der Waals surface area contributed by atoms with Gasteiger partial charge in [-0.05, 0) is 12.6 Å². The zero-order chi connectivity index (χ0) is 13.8. The first kappa shape index (κ1) is 13.5. The summed E-state index contributed by atoms with van der Waals surface area (Å²) in [7, 11) is 1.78. The van der Waals surface area contributed by atoms with Crippen LogP contribution in [-0.2, 0) is 16.1 Å². The number of likely N-dealkylation sites (N-methyl/N-ethyl adjacent to an activating group) is 1. The first-order valence-electron chi connectivity index (χ1n) is 6.29. The molecule has 0 radical (unpaired) electrons. The third kappa shape index (κ3) is 3.54. The van der Waals surface area contributed by atoms with Gasteiger partial charge in [-0.3, -0.25) is 14.5 Å². The summed E-state index contributed by atoms with van der Waals surface area (Å²) in [5.41, 5.74) is 1.02. The second-order valence-corrected chi connectivity index (χ2v) is 4.99. The van der Waals surface area contributed by atoms with Gasteiger partial charge in [0.25, 0.3) is 0 Å². The maximum atomic E-state index is 12.1. The highest BCUT2D eigenvalue weighted by atomic mass is 16.4. The number of carboxylic acids is 1. The Balaban J connectivity index is 2.13. The molecule has 1 atom stereocenters. The van der Waals surface area contributed by atoms with Crippen molar-refractivity contribution in [1.29, 1.82) is 0 Å². The fourth-order valence-electron chi connectivity index (χ4n) is 2.31. The molecule has 1 aliphatic rings. The lowest BCUT2D eigenvalue weighted by molar-refractivity contribution is -0.142. The van der Waals surface area contributed by atoms with Crippen molar-refractivity contribution in [3.8, 4) is 0 Å². The number of carbonyl (C=O) groups is 2. The number of nitrogens with zero attached hydrogens (tertiary/aromatic N) is 2. The number of rotatable bonds is 3. The normalized spacial score (nSPS) is 21.2. The molecular formula is C14H18N2O3. The smallest absolute Gasteiger partial charge is 0.309 e. The Bertz CT molecular complexity index is 461. The van der Waals surface area contributed by atoms with Crippen molar-refractivity contribution < 1.29 is 14.7 Å². The number of carboxylic acid groups (broad SMARTS) is 1. The summed E-state index contributed by atoms with van der Waals surface area (Å²) >= 11 is 0. The molecule has 0 saturated carbocycles. The van der Waals surface area contributed by atoms with Crippen molar-refractivity contribution in [1.82, 2.24) is 9.80 Å². The molecule has 0 spiro atoms. The van der Waals surface area contributed by atoms with Crippen molar-refractivity contribution >= 4 is 11.9 Å². The molecule has 102 valence electrons. The molecule has 1 aromatic carbocycles. The van der Waals surface area contributed by atoms with E-state index in [1.807, 2.05) is 30.3 Å². The second kappa shape index (κ2) is 5.84. The molecule has 1 saturated heterocycles. The van der Waals surface area contributed by atoms with E-state index in [1.165, 1.54) is 0 Å². The largest absolute Gasteiger partial charge is 0.481 e. The number of amides is 1. The Hall–Kier alpha value is -1.88. The van der Waals surface area contributed by atoms with Crippen molar-refractivity contribution in [2.24, 2.45) is 5.92 Å². The Kier molecular flexibility index (Phi) is 4.16. The quantitative estimate of drug-likeness (QED) is 0.869. The monoisotopic (exact) mass is 262 g/mol. The average molecular weight is 262 g/mol. The lowest BCUT2D eigenvalue weighted by Crippen LogP contribution is -2.36. The first-order chi connectivity index (χ1) is 9.06. The first-order valence-corrected chi connectivity index (χ1v) is 6.29. The molecule has 5 heteroatoms. The molecule has 0 aliphatic carbocycles. The molecule has 1 heterocycles. The topological polar surface area (TPSA) is 60.9 Å². The van der Waals surface area contributed by atoms with E-state index in [1.54, 1.807) is 16.8 Å². The molecular weight excluding hydrogens is 244 g/mol. The molecule has 19 heavy (non-hydrogen) atoms. The summed E-state index contributed by atoms with van der Waals surface area (Å²) in [6.45, 7) is 1.42. The molecule has 0 aromatic heterocycles. The van der Waals surface area contributed by atoms with Crippen LogP contribution >= 0.6 is 0 Å². The molecule has 0 bridgehead atoms. The minimum atomic E-state index is -0.848. The van der Waals surface area contributed by atoms with Gasteiger partial charge in [-0.1, -0.05) is 30.3 Å².